The smallest absolute Gasteiger partial charge is 0.333 e. The average molecular weight is 878 g/mol. The topological polar surface area (TPSA) is 247 Å². The maximum absolute atomic E-state index is 16.4. The van der Waals surface area contributed by atoms with E-state index in [1.54, 1.807) is 19.9 Å². The van der Waals surface area contributed by atoms with E-state index in [2.05, 4.69) is 21.7 Å². The van der Waals surface area contributed by atoms with Crippen LogP contribution in [0.1, 0.15) is 110 Å². The van der Waals surface area contributed by atoms with Gasteiger partial charge in [-0.05, 0) is 92.7 Å². The molecule has 0 bridgehead atoms. The number of fused-ring (bicyclic) bond motifs is 2. The number of benzene rings is 1. The molecule has 16 nitrogen and oxygen atoms in total. The molecule has 16 heteroatoms. The number of aliphatic hydroxyl groups is 1. The van der Waals surface area contributed by atoms with Crippen LogP contribution in [0.15, 0.2) is 51.3 Å². The molecule has 2 fully saturated rings. The molecule has 0 radical (unpaired) electrons. The monoisotopic (exact) mass is 877 g/mol. The van der Waals surface area contributed by atoms with Crippen LogP contribution in [0, 0.1) is 29.6 Å². The molecule has 1 aromatic rings. The number of Topliss-reactive ketones (excluding diaryl/α,β-unsaturated/α-hetero) is 2. The maximum atomic E-state index is 16.4. The van der Waals surface area contributed by atoms with Crippen LogP contribution in [-0.4, -0.2) is 101 Å². The lowest BCUT2D eigenvalue weighted by Gasteiger charge is -2.59. The van der Waals surface area contributed by atoms with Crippen molar-refractivity contribution in [3.8, 4) is 17.2 Å². The molecular weight excluding hydrogens is 811 g/mol. The number of carbonyl (C=O) groups excluding carboxylic acids is 3. The molecule has 1 aliphatic carbocycles. The molecule has 8 N–H and O–H groups in total. The van der Waals surface area contributed by atoms with E-state index in [1.807, 2.05) is 73.6 Å². The Morgan fingerprint density at radius 1 is 0.968 bits per heavy atom. The Labute approximate surface area is 370 Å². The lowest BCUT2D eigenvalue weighted by Crippen LogP contribution is -2.76. The van der Waals surface area contributed by atoms with Crippen LogP contribution in [0.3, 0.4) is 0 Å². The first-order valence-electron chi connectivity index (χ1n) is 21.6. The molecule has 1 saturated heterocycles. The first-order chi connectivity index (χ1) is 29.6. The van der Waals surface area contributed by atoms with Gasteiger partial charge in [-0.1, -0.05) is 53.5 Å². The number of ketones is 2. The summed E-state index contributed by atoms with van der Waals surface area (Å²) >= 11 is 0. The van der Waals surface area contributed by atoms with Crippen molar-refractivity contribution in [2.75, 3.05) is 33.4 Å². The van der Waals surface area contributed by atoms with E-state index < -0.39 is 81.2 Å². The second-order valence-corrected chi connectivity index (χ2v) is 18.5. The molecule has 8 unspecified atom stereocenters. The number of ether oxygens (including phenoxy) is 5. The molecule has 1 spiro atoms. The third kappa shape index (κ3) is 8.61. The highest BCUT2D eigenvalue weighted by atomic mass is 16.6. The van der Waals surface area contributed by atoms with Gasteiger partial charge in [0.1, 0.15) is 46.7 Å². The van der Waals surface area contributed by atoms with Crippen molar-refractivity contribution >= 4 is 35.3 Å². The highest BCUT2D eigenvalue weighted by Crippen LogP contribution is 2.67. The van der Waals surface area contributed by atoms with Crippen LogP contribution in [0.4, 0.5) is 0 Å². The fourth-order valence-electron chi connectivity index (χ4n) is 10.0. The normalized spacial score (nSPS) is 29.0. The zero-order valence-electron chi connectivity index (χ0n) is 38.6. The van der Waals surface area contributed by atoms with Crippen molar-refractivity contribution in [1.82, 2.24) is 5.32 Å². The van der Waals surface area contributed by atoms with Crippen LogP contribution in [0.25, 0.3) is 6.08 Å². The Kier molecular flexibility index (Phi) is 14.6. The predicted molar refractivity (Wildman–Crippen MR) is 238 cm³/mol. The highest BCUT2D eigenvalue weighted by Gasteiger charge is 2.81. The van der Waals surface area contributed by atoms with Gasteiger partial charge in [0.2, 0.25) is 0 Å². The summed E-state index contributed by atoms with van der Waals surface area (Å²) in [4.78, 5) is 44.9. The fraction of sp³-hybridized carbons (Fsp3) is 0.596. The van der Waals surface area contributed by atoms with Gasteiger partial charge in [0, 0.05) is 42.5 Å². The molecule has 3 heterocycles. The Hall–Kier alpha value is -5.19. The van der Waals surface area contributed by atoms with Gasteiger partial charge in [-0.3, -0.25) is 9.59 Å². The molecule has 0 amide bonds. The van der Waals surface area contributed by atoms with Crippen LogP contribution < -0.4 is 31.0 Å². The van der Waals surface area contributed by atoms with Crippen LogP contribution in [0.2, 0.25) is 0 Å². The van der Waals surface area contributed by atoms with Crippen LogP contribution in [0.5, 0.6) is 17.2 Å². The molecule has 5 rings (SSSR count). The number of carbonyl (C=O) groups is 3. The highest BCUT2D eigenvalue weighted by molar-refractivity contribution is 6.12. The lowest BCUT2D eigenvalue weighted by molar-refractivity contribution is -0.199. The fourth-order valence-corrected chi connectivity index (χ4v) is 10.0. The summed E-state index contributed by atoms with van der Waals surface area (Å²) in [5, 5.41) is 39.4. The van der Waals surface area contributed by atoms with E-state index in [0.717, 1.165) is 12.0 Å². The Morgan fingerprint density at radius 2 is 1.62 bits per heavy atom. The summed E-state index contributed by atoms with van der Waals surface area (Å²) < 4.78 is 33.4. The summed E-state index contributed by atoms with van der Waals surface area (Å²) in [5.41, 5.74) is 10.5. The van der Waals surface area contributed by atoms with Crippen molar-refractivity contribution in [3.63, 3.8) is 0 Å². The van der Waals surface area contributed by atoms with Gasteiger partial charge in [-0.2, -0.15) is 0 Å². The lowest BCUT2D eigenvalue weighted by atomic mass is 9.48. The first-order valence-corrected chi connectivity index (χ1v) is 21.6. The van der Waals surface area contributed by atoms with Crippen molar-refractivity contribution in [2.24, 2.45) is 51.4 Å². The first kappa shape index (κ1) is 48.8. The summed E-state index contributed by atoms with van der Waals surface area (Å²) in [7, 11) is 1.26. The number of allylic oxidation sites excluding steroid dienone is 4. The maximum Gasteiger partial charge on any atom is 0.333 e. The molecule has 346 valence electrons. The van der Waals surface area contributed by atoms with Gasteiger partial charge in [0.25, 0.3) is 0 Å². The Morgan fingerprint density at radius 3 is 2.21 bits per heavy atom. The van der Waals surface area contributed by atoms with Gasteiger partial charge in [0.15, 0.2) is 22.8 Å². The van der Waals surface area contributed by atoms with Crippen molar-refractivity contribution in [2.45, 2.75) is 117 Å². The number of methoxy groups -OCH3 is 1. The molecule has 8 atom stereocenters. The van der Waals surface area contributed by atoms with E-state index in [9.17, 15) is 20.3 Å². The largest absolute Gasteiger partial charge is 0.491 e. The van der Waals surface area contributed by atoms with Gasteiger partial charge < -0.3 is 56.0 Å². The number of hydrogen-bond donors (Lipinski definition) is 6. The van der Waals surface area contributed by atoms with E-state index in [4.69, 9.17) is 35.2 Å². The molecule has 0 aromatic heterocycles. The number of nitrogens with one attached hydrogen (secondary N) is 1. The zero-order chi connectivity index (χ0) is 46.8. The second kappa shape index (κ2) is 18.9. The quantitative estimate of drug-likeness (QED) is 0.0162. The Balaban J connectivity index is 1.96. The molecule has 4 aliphatic rings. The molecule has 3 aliphatic heterocycles. The van der Waals surface area contributed by atoms with Gasteiger partial charge in [-0.25, -0.2) is 4.79 Å². The predicted octanol–water partition coefficient (Wildman–Crippen LogP) is 5.63. The molecular formula is C47H67N5O11. The minimum Gasteiger partial charge on any atom is -0.491 e. The van der Waals surface area contributed by atoms with Gasteiger partial charge in [-0.15, -0.1) is 0 Å². The van der Waals surface area contributed by atoms with Crippen LogP contribution in [-0.2, 0) is 25.5 Å². The number of hydrogen-bond acceptors (Lipinski definition) is 14. The molecule has 1 aromatic carbocycles. The van der Waals surface area contributed by atoms with E-state index in [-0.39, 0.29) is 48.7 Å². The number of nitrogens with two attached hydrogens (primary N) is 2. The average Bonchev–Trinajstić information content (AvgIpc) is 3.40. The number of esters is 1. The van der Waals surface area contributed by atoms with Crippen LogP contribution >= 0.6 is 0 Å². The van der Waals surface area contributed by atoms with E-state index >= 15 is 9.59 Å². The van der Waals surface area contributed by atoms with Crippen molar-refractivity contribution in [3.05, 3.63) is 57.7 Å². The minimum absolute atomic E-state index is 0.0736. The number of aliphatic hydroxyl groups excluding tert-OH is 1. The number of oxime groups is 2. The number of rotatable bonds is 17. The standard InChI is InChI=1S/C47H67N5O11/c1-25(2)13-12-18-45(10)19-17-31-37(61-45)30(15-14-26(3)4)39-34(38(31)60-24-22-50-21-23-53)36(54)35-32(33(41(48)51-57)42(49)52-58)28(6)40(55)46(20-16-27(5)43(56)59-11)47(35,62-39)29(7)44(8,9)63-46/h13-14,16-17,19,28-29,32-33,35,50,53,57-58H,12,15,18,20-24H2,1-11H3,(H2,48,51)(H2,49,52)/b27-16-. The van der Waals surface area contributed by atoms with Gasteiger partial charge in [0.05, 0.1) is 36.7 Å². The SMILES string of the molecule is COC(=O)/C(C)=C\CC12OC(C)(C)C(C)C13Oc1c(CC=C(C)C)c4c(c(OCCNCCO)c1C(=O)C3C(C(/C(N)=N/O)/C(N)=N\O)C(C)C2=O)C=CC(C)(CCC=C(C)C)O4. The number of nitrogens with zero attached hydrogens (tertiary/aromatic N) is 2. The summed E-state index contributed by atoms with van der Waals surface area (Å²) in [6.07, 6.45) is 11.0. The van der Waals surface area contributed by atoms with E-state index in [1.165, 1.54) is 12.7 Å². The third-order valence-electron chi connectivity index (χ3n) is 13.4. The molecule has 1 saturated carbocycles. The van der Waals surface area contributed by atoms with E-state index in [0.29, 0.717) is 36.4 Å². The van der Waals surface area contributed by atoms with Crippen molar-refractivity contribution < 1.29 is 53.6 Å². The second-order valence-electron chi connectivity index (χ2n) is 18.5. The minimum atomic E-state index is -1.93. The van der Waals surface area contributed by atoms with Gasteiger partial charge >= 0.3 is 5.97 Å². The zero-order valence-corrected chi connectivity index (χ0v) is 38.6. The van der Waals surface area contributed by atoms with Crippen molar-refractivity contribution in [1.29, 1.82) is 0 Å². The summed E-state index contributed by atoms with van der Waals surface area (Å²) in [5.74, 6) is -7.75. The molecule has 63 heavy (non-hydrogen) atoms. The Bertz CT molecular complexity index is 2130. The summed E-state index contributed by atoms with van der Waals surface area (Å²) in [6, 6.07) is 0. The number of amidine groups is 2. The summed E-state index contributed by atoms with van der Waals surface area (Å²) in [6.45, 7) is 19.3. The third-order valence-corrected chi connectivity index (χ3v) is 13.4.